The Morgan fingerprint density at radius 3 is 2.59 bits per heavy atom. The van der Waals surface area contributed by atoms with Gasteiger partial charge in [-0.25, -0.2) is 4.79 Å². The van der Waals surface area contributed by atoms with Crippen LogP contribution in [0.5, 0.6) is 0 Å². The second-order valence-electron chi connectivity index (χ2n) is 9.13. The number of hydrogen-bond donors (Lipinski definition) is 2. The fourth-order valence-corrected chi connectivity index (χ4v) is 4.55. The number of benzene rings is 1. The maximum Gasteiger partial charge on any atom is 0.336 e. The van der Waals surface area contributed by atoms with Gasteiger partial charge in [0.25, 0.3) is 5.69 Å². The van der Waals surface area contributed by atoms with E-state index in [-0.39, 0.29) is 17.7 Å². The molecule has 0 amide bonds. The predicted molar refractivity (Wildman–Crippen MR) is 118 cm³/mol. The zero-order chi connectivity index (χ0) is 23.6. The SMILES string of the molecule is CC1=C(C(=O)OCC2CC2)C(c2cccc([N+](=O)[O-])c2)C(CCN(C)C)(C(=O)O)C(C)N1. The summed E-state index contributed by atoms with van der Waals surface area (Å²) in [4.78, 5) is 38.9. The number of carbonyl (C=O) groups excluding carboxylic acids is 1. The molecule has 0 spiro atoms. The minimum atomic E-state index is -1.41. The summed E-state index contributed by atoms with van der Waals surface area (Å²) in [6.07, 6.45) is 2.26. The number of aliphatic carboxylic acids is 1. The second kappa shape index (κ2) is 9.28. The van der Waals surface area contributed by atoms with Crippen molar-refractivity contribution in [3.8, 4) is 0 Å². The van der Waals surface area contributed by atoms with Crippen LogP contribution in [0.2, 0.25) is 0 Å². The first-order valence-electron chi connectivity index (χ1n) is 10.8. The molecule has 0 radical (unpaired) electrons. The van der Waals surface area contributed by atoms with Gasteiger partial charge in [-0.1, -0.05) is 12.1 Å². The van der Waals surface area contributed by atoms with Crippen molar-refractivity contribution in [2.24, 2.45) is 11.3 Å². The van der Waals surface area contributed by atoms with Crippen LogP contribution in [0.25, 0.3) is 0 Å². The average molecular weight is 446 g/mol. The van der Waals surface area contributed by atoms with Crippen LogP contribution in [-0.2, 0) is 14.3 Å². The molecule has 1 aromatic rings. The number of esters is 1. The number of non-ortho nitro benzene ring substituents is 1. The zero-order valence-corrected chi connectivity index (χ0v) is 19.0. The van der Waals surface area contributed by atoms with Gasteiger partial charge in [-0.05, 0) is 65.2 Å². The van der Waals surface area contributed by atoms with E-state index in [0.29, 0.717) is 30.3 Å². The van der Waals surface area contributed by atoms with Gasteiger partial charge in [-0.2, -0.15) is 0 Å². The molecule has 2 aliphatic rings. The second-order valence-corrected chi connectivity index (χ2v) is 9.13. The Morgan fingerprint density at radius 2 is 2.03 bits per heavy atom. The Balaban J connectivity index is 2.17. The number of nitro groups is 1. The van der Waals surface area contributed by atoms with Gasteiger partial charge in [0.1, 0.15) is 0 Å². The fraction of sp³-hybridized carbons (Fsp3) is 0.565. The summed E-state index contributed by atoms with van der Waals surface area (Å²) in [5.74, 6) is -2.18. The molecule has 1 saturated carbocycles. The summed E-state index contributed by atoms with van der Waals surface area (Å²) < 4.78 is 5.57. The van der Waals surface area contributed by atoms with E-state index in [1.54, 1.807) is 19.9 Å². The van der Waals surface area contributed by atoms with Crippen molar-refractivity contribution in [2.75, 3.05) is 27.2 Å². The number of nitrogens with zero attached hydrogens (tertiary/aromatic N) is 2. The Labute approximate surface area is 187 Å². The summed E-state index contributed by atoms with van der Waals surface area (Å²) in [6.45, 7) is 4.27. The highest BCUT2D eigenvalue weighted by molar-refractivity contribution is 5.94. The predicted octanol–water partition coefficient (Wildman–Crippen LogP) is 2.92. The van der Waals surface area contributed by atoms with Gasteiger partial charge >= 0.3 is 11.9 Å². The van der Waals surface area contributed by atoms with Crippen molar-refractivity contribution in [1.82, 2.24) is 10.2 Å². The minimum absolute atomic E-state index is 0.149. The number of carboxylic acid groups (broad SMARTS) is 1. The van der Waals surface area contributed by atoms with Crippen LogP contribution < -0.4 is 5.32 Å². The quantitative estimate of drug-likeness (QED) is 0.338. The van der Waals surface area contributed by atoms with Crippen molar-refractivity contribution in [2.45, 2.75) is 45.1 Å². The fourth-order valence-electron chi connectivity index (χ4n) is 4.55. The van der Waals surface area contributed by atoms with Gasteiger partial charge < -0.3 is 20.1 Å². The van der Waals surface area contributed by atoms with E-state index in [1.807, 2.05) is 19.0 Å². The maximum atomic E-state index is 13.2. The van der Waals surface area contributed by atoms with Crippen molar-refractivity contribution in [3.05, 3.63) is 51.2 Å². The molecule has 1 aliphatic carbocycles. The van der Waals surface area contributed by atoms with E-state index in [2.05, 4.69) is 5.32 Å². The molecule has 9 heteroatoms. The Hall–Kier alpha value is -2.94. The van der Waals surface area contributed by atoms with E-state index < -0.39 is 34.2 Å². The molecule has 0 saturated heterocycles. The van der Waals surface area contributed by atoms with Crippen molar-refractivity contribution < 1.29 is 24.4 Å². The number of carboxylic acids is 1. The van der Waals surface area contributed by atoms with E-state index in [4.69, 9.17) is 4.74 Å². The molecule has 3 atom stereocenters. The largest absolute Gasteiger partial charge is 0.481 e. The topological polar surface area (TPSA) is 122 Å². The highest BCUT2D eigenvalue weighted by atomic mass is 16.6. The molecular weight excluding hydrogens is 414 g/mol. The van der Waals surface area contributed by atoms with Gasteiger partial charge in [0, 0.05) is 29.8 Å². The van der Waals surface area contributed by atoms with Gasteiger partial charge in [-0.3, -0.25) is 14.9 Å². The van der Waals surface area contributed by atoms with Gasteiger partial charge in [0.2, 0.25) is 0 Å². The molecule has 1 fully saturated rings. The first kappa shape index (κ1) is 23.7. The Kier molecular flexibility index (Phi) is 6.88. The van der Waals surface area contributed by atoms with Crippen molar-refractivity contribution in [1.29, 1.82) is 0 Å². The Bertz CT molecular complexity index is 939. The third-order valence-corrected chi connectivity index (χ3v) is 6.57. The third kappa shape index (κ3) is 4.62. The lowest BCUT2D eigenvalue weighted by Crippen LogP contribution is -2.57. The molecule has 174 valence electrons. The zero-order valence-electron chi connectivity index (χ0n) is 19.0. The monoisotopic (exact) mass is 445 g/mol. The number of nitro benzene ring substituents is 1. The molecule has 2 N–H and O–H groups in total. The third-order valence-electron chi connectivity index (χ3n) is 6.57. The number of carbonyl (C=O) groups is 2. The van der Waals surface area contributed by atoms with E-state index in [0.717, 1.165) is 12.8 Å². The molecule has 1 heterocycles. The lowest BCUT2D eigenvalue weighted by molar-refractivity contribution is -0.384. The molecule has 9 nitrogen and oxygen atoms in total. The Morgan fingerprint density at radius 1 is 1.34 bits per heavy atom. The summed E-state index contributed by atoms with van der Waals surface area (Å²) in [7, 11) is 3.70. The smallest absolute Gasteiger partial charge is 0.336 e. The minimum Gasteiger partial charge on any atom is -0.481 e. The highest BCUT2D eigenvalue weighted by Crippen LogP contribution is 2.51. The molecule has 0 bridgehead atoms. The number of hydrogen-bond acceptors (Lipinski definition) is 7. The molecule has 1 aromatic carbocycles. The molecular formula is C23H31N3O6. The summed E-state index contributed by atoms with van der Waals surface area (Å²) in [6, 6.07) is 5.39. The van der Waals surface area contributed by atoms with Gasteiger partial charge in [0.15, 0.2) is 0 Å². The first-order chi connectivity index (χ1) is 15.1. The molecule has 3 rings (SSSR count). The van der Waals surface area contributed by atoms with E-state index in [1.165, 1.54) is 18.2 Å². The van der Waals surface area contributed by atoms with Crippen LogP contribution >= 0.6 is 0 Å². The lowest BCUT2D eigenvalue weighted by Gasteiger charge is -2.47. The normalized spacial score (nSPS) is 25.4. The van der Waals surface area contributed by atoms with Gasteiger partial charge in [-0.15, -0.1) is 0 Å². The van der Waals surface area contributed by atoms with Crippen molar-refractivity contribution in [3.63, 3.8) is 0 Å². The van der Waals surface area contributed by atoms with Crippen LogP contribution in [0.3, 0.4) is 0 Å². The molecule has 1 aliphatic heterocycles. The molecule has 3 unspecified atom stereocenters. The van der Waals surface area contributed by atoms with E-state index in [9.17, 15) is 24.8 Å². The van der Waals surface area contributed by atoms with Crippen LogP contribution in [0, 0.1) is 21.4 Å². The van der Waals surface area contributed by atoms with Crippen LogP contribution in [0.1, 0.15) is 44.6 Å². The summed E-state index contributed by atoms with van der Waals surface area (Å²) in [5.41, 5.74) is -0.371. The summed E-state index contributed by atoms with van der Waals surface area (Å²) >= 11 is 0. The highest BCUT2D eigenvalue weighted by Gasteiger charge is 2.56. The maximum absolute atomic E-state index is 13.2. The summed E-state index contributed by atoms with van der Waals surface area (Å²) in [5, 5.41) is 25.2. The first-order valence-corrected chi connectivity index (χ1v) is 10.8. The van der Waals surface area contributed by atoms with Crippen molar-refractivity contribution >= 4 is 17.6 Å². The number of ether oxygens (including phenoxy) is 1. The van der Waals surface area contributed by atoms with E-state index >= 15 is 0 Å². The van der Waals surface area contributed by atoms with Gasteiger partial charge in [0.05, 0.1) is 22.5 Å². The average Bonchev–Trinajstić information content (AvgIpc) is 3.55. The number of nitrogens with one attached hydrogen (secondary N) is 1. The number of allylic oxidation sites excluding steroid dienone is 1. The van der Waals surface area contributed by atoms with Crippen LogP contribution in [0.15, 0.2) is 35.5 Å². The number of rotatable bonds is 9. The van der Waals surface area contributed by atoms with Crippen LogP contribution in [-0.4, -0.2) is 60.2 Å². The molecule has 0 aromatic heterocycles. The standard InChI is InChI=1S/C23H31N3O6/c1-14-19(21(27)32-13-16-8-9-16)20(17-6-5-7-18(12-17)26(30)31)23(22(28)29,15(2)24-14)10-11-25(3)4/h5-7,12,15-16,20,24H,8-11,13H2,1-4H3,(H,28,29). The van der Waals surface area contributed by atoms with Crippen LogP contribution in [0.4, 0.5) is 5.69 Å². The lowest BCUT2D eigenvalue weighted by atomic mass is 9.60. The molecule has 32 heavy (non-hydrogen) atoms.